The third-order valence-electron chi connectivity index (χ3n) is 3.45. The molecule has 0 aliphatic rings. The zero-order valence-electron chi connectivity index (χ0n) is 17.9. The second-order valence-corrected chi connectivity index (χ2v) is 6.88. The van der Waals surface area contributed by atoms with Crippen molar-refractivity contribution in [2.24, 2.45) is 5.92 Å². The zero-order valence-corrected chi connectivity index (χ0v) is 17.9. The average molecular weight is 418 g/mol. The van der Waals surface area contributed by atoms with E-state index < -0.39 is 60.9 Å². The van der Waals surface area contributed by atoms with Crippen LogP contribution in [0.15, 0.2) is 0 Å². The quantitative estimate of drug-likeness (QED) is 0.357. The summed E-state index contributed by atoms with van der Waals surface area (Å²) in [5, 5.41) is 0. The average Bonchev–Trinajstić information content (AvgIpc) is 2.52. The van der Waals surface area contributed by atoms with Crippen molar-refractivity contribution in [3.8, 4) is 0 Å². The monoisotopic (exact) mass is 418 g/mol. The van der Waals surface area contributed by atoms with Gasteiger partial charge in [-0.3, -0.25) is 24.0 Å². The smallest absolute Gasteiger partial charge is 0.303 e. The molecule has 0 aliphatic heterocycles. The van der Waals surface area contributed by atoms with Gasteiger partial charge in [-0.1, -0.05) is 13.8 Å². The highest BCUT2D eigenvalue weighted by molar-refractivity contribution is 5.69. The van der Waals surface area contributed by atoms with Crippen molar-refractivity contribution in [1.82, 2.24) is 0 Å². The highest BCUT2D eigenvalue weighted by atomic mass is 16.6. The highest BCUT2D eigenvalue weighted by Crippen LogP contribution is 2.24. The van der Waals surface area contributed by atoms with E-state index in [0.29, 0.717) is 0 Å². The van der Waals surface area contributed by atoms with Crippen LogP contribution in [-0.4, -0.2) is 60.9 Å². The molecule has 0 aromatic heterocycles. The molecule has 10 heteroatoms. The summed E-state index contributed by atoms with van der Waals surface area (Å²) >= 11 is 0. The number of esters is 5. The molecule has 0 fully saturated rings. The van der Waals surface area contributed by atoms with Crippen LogP contribution in [0.4, 0.5) is 0 Å². The fourth-order valence-electron chi connectivity index (χ4n) is 2.63. The molecule has 10 nitrogen and oxygen atoms in total. The van der Waals surface area contributed by atoms with Gasteiger partial charge in [0.2, 0.25) is 0 Å². The van der Waals surface area contributed by atoms with E-state index in [9.17, 15) is 24.0 Å². The van der Waals surface area contributed by atoms with Crippen LogP contribution in [-0.2, 0) is 47.7 Å². The Balaban J connectivity index is 6.17. The molecular weight excluding hydrogens is 388 g/mol. The van der Waals surface area contributed by atoms with Crippen molar-refractivity contribution in [2.75, 3.05) is 6.61 Å². The maximum atomic E-state index is 11.7. The number of carbonyl (C=O) groups is 5. The van der Waals surface area contributed by atoms with Crippen molar-refractivity contribution in [2.45, 2.75) is 79.3 Å². The zero-order chi connectivity index (χ0) is 22.7. The molecule has 0 rings (SSSR count). The fraction of sp³-hybridized carbons (Fsp3) is 0.737. The Morgan fingerprint density at radius 1 is 0.586 bits per heavy atom. The fourth-order valence-corrected chi connectivity index (χ4v) is 2.63. The van der Waals surface area contributed by atoms with Gasteiger partial charge in [-0.05, 0) is 12.3 Å². The van der Waals surface area contributed by atoms with Crippen LogP contribution in [0, 0.1) is 5.92 Å². The van der Waals surface area contributed by atoms with Gasteiger partial charge in [-0.15, -0.1) is 0 Å². The van der Waals surface area contributed by atoms with Crippen molar-refractivity contribution in [3.05, 3.63) is 0 Å². The summed E-state index contributed by atoms with van der Waals surface area (Å²) in [4.78, 5) is 57.9. The van der Waals surface area contributed by atoms with E-state index in [0.717, 1.165) is 27.7 Å². The molecule has 0 aliphatic carbocycles. The van der Waals surface area contributed by atoms with Gasteiger partial charge in [-0.25, -0.2) is 0 Å². The largest absolute Gasteiger partial charge is 0.462 e. The number of rotatable bonds is 11. The minimum Gasteiger partial charge on any atom is -0.462 e. The molecular formula is C19H30O10. The second kappa shape index (κ2) is 12.7. The van der Waals surface area contributed by atoms with Gasteiger partial charge in [0.25, 0.3) is 0 Å². The van der Waals surface area contributed by atoms with Gasteiger partial charge in [-0.2, -0.15) is 0 Å². The first-order valence-corrected chi connectivity index (χ1v) is 9.15. The number of hydrogen-bond acceptors (Lipinski definition) is 10. The molecule has 0 saturated carbocycles. The summed E-state index contributed by atoms with van der Waals surface area (Å²) in [5.74, 6) is -3.53. The number of ether oxygens (including phenoxy) is 5. The van der Waals surface area contributed by atoms with Crippen LogP contribution < -0.4 is 0 Å². The summed E-state index contributed by atoms with van der Waals surface area (Å²) in [6, 6.07) is 0. The lowest BCUT2D eigenvalue weighted by molar-refractivity contribution is -0.203. The molecule has 0 N–H and O–H groups in total. The lowest BCUT2D eigenvalue weighted by Gasteiger charge is -2.35. The predicted octanol–water partition coefficient (Wildman–Crippen LogP) is 1.32. The van der Waals surface area contributed by atoms with Crippen molar-refractivity contribution in [1.29, 1.82) is 0 Å². The number of carbonyl (C=O) groups excluding carboxylic acids is 5. The summed E-state index contributed by atoms with van der Waals surface area (Å²) in [6.07, 6.45) is -4.73. The standard InChI is InChI=1S/C19H30O10/c1-10(2)8-16(26-12(4)21)18(28-14(6)23)19(29-15(7)24)17(27-13(5)22)9-25-11(3)20/h10,16-19H,8-9H2,1-7H3. The Kier molecular flexibility index (Phi) is 11.6. The minimum atomic E-state index is -1.39. The molecule has 0 saturated heterocycles. The predicted molar refractivity (Wildman–Crippen MR) is 98.3 cm³/mol. The van der Waals surface area contributed by atoms with E-state index in [1.807, 2.05) is 13.8 Å². The maximum Gasteiger partial charge on any atom is 0.303 e. The van der Waals surface area contributed by atoms with Gasteiger partial charge in [0.05, 0.1) is 0 Å². The molecule has 0 aromatic carbocycles. The van der Waals surface area contributed by atoms with E-state index in [2.05, 4.69) is 0 Å². The van der Waals surface area contributed by atoms with E-state index in [-0.39, 0.29) is 12.3 Å². The molecule has 166 valence electrons. The lowest BCUT2D eigenvalue weighted by atomic mass is 9.95. The molecule has 0 aromatic rings. The molecule has 0 bridgehead atoms. The molecule has 0 amide bonds. The Bertz CT molecular complexity index is 598. The second-order valence-electron chi connectivity index (χ2n) is 6.88. The van der Waals surface area contributed by atoms with E-state index in [1.165, 1.54) is 6.92 Å². The number of hydrogen-bond donors (Lipinski definition) is 0. The Hall–Kier alpha value is -2.65. The van der Waals surface area contributed by atoms with Gasteiger partial charge < -0.3 is 23.7 Å². The highest BCUT2D eigenvalue weighted by Gasteiger charge is 2.43. The Morgan fingerprint density at radius 3 is 1.31 bits per heavy atom. The van der Waals surface area contributed by atoms with Gasteiger partial charge in [0, 0.05) is 34.6 Å². The van der Waals surface area contributed by atoms with Crippen LogP contribution in [0.1, 0.15) is 54.9 Å². The Morgan fingerprint density at radius 2 is 0.966 bits per heavy atom. The molecule has 0 radical (unpaired) electrons. The normalized spacial score (nSPS) is 14.8. The van der Waals surface area contributed by atoms with Crippen LogP contribution >= 0.6 is 0 Å². The van der Waals surface area contributed by atoms with Crippen molar-refractivity contribution in [3.63, 3.8) is 0 Å². The van der Waals surface area contributed by atoms with Crippen LogP contribution in [0.3, 0.4) is 0 Å². The minimum absolute atomic E-state index is 0.0102. The van der Waals surface area contributed by atoms with E-state index >= 15 is 0 Å². The molecule has 0 heterocycles. The van der Waals surface area contributed by atoms with Crippen LogP contribution in [0.25, 0.3) is 0 Å². The summed E-state index contributed by atoms with van der Waals surface area (Å²) in [6.45, 7) is 8.93. The van der Waals surface area contributed by atoms with E-state index in [1.54, 1.807) is 0 Å². The first kappa shape index (κ1) is 26.4. The maximum absolute atomic E-state index is 11.7. The van der Waals surface area contributed by atoms with Gasteiger partial charge in [0.15, 0.2) is 18.3 Å². The van der Waals surface area contributed by atoms with Crippen molar-refractivity contribution < 1.29 is 47.7 Å². The molecule has 4 atom stereocenters. The summed E-state index contributed by atoms with van der Waals surface area (Å²) in [7, 11) is 0. The Labute approximate surface area is 170 Å². The molecule has 4 unspecified atom stereocenters. The first-order chi connectivity index (χ1) is 13.3. The van der Waals surface area contributed by atoms with Crippen molar-refractivity contribution >= 4 is 29.8 Å². The molecule has 29 heavy (non-hydrogen) atoms. The summed E-state index contributed by atoms with van der Waals surface area (Å²) in [5.41, 5.74) is 0. The van der Waals surface area contributed by atoms with Crippen LogP contribution in [0.2, 0.25) is 0 Å². The first-order valence-electron chi connectivity index (χ1n) is 9.15. The van der Waals surface area contributed by atoms with Gasteiger partial charge >= 0.3 is 29.8 Å². The van der Waals surface area contributed by atoms with Crippen LogP contribution in [0.5, 0.6) is 0 Å². The molecule has 0 spiro atoms. The third-order valence-corrected chi connectivity index (χ3v) is 3.45. The lowest BCUT2D eigenvalue weighted by Crippen LogP contribution is -2.53. The SMILES string of the molecule is CC(=O)OCC(OC(C)=O)C(OC(C)=O)C(OC(C)=O)C(CC(C)C)OC(C)=O. The topological polar surface area (TPSA) is 132 Å². The van der Waals surface area contributed by atoms with Gasteiger partial charge in [0.1, 0.15) is 12.7 Å². The third kappa shape index (κ3) is 11.7. The van der Waals surface area contributed by atoms with E-state index in [4.69, 9.17) is 23.7 Å². The summed E-state index contributed by atoms with van der Waals surface area (Å²) < 4.78 is 26.0.